The summed E-state index contributed by atoms with van der Waals surface area (Å²) in [6, 6.07) is -0.643. The molecule has 125 valence electrons. The Labute approximate surface area is 138 Å². The summed E-state index contributed by atoms with van der Waals surface area (Å²) < 4.78 is 0. The van der Waals surface area contributed by atoms with E-state index in [2.05, 4.69) is 0 Å². The van der Waals surface area contributed by atoms with Crippen molar-refractivity contribution in [3.63, 3.8) is 0 Å². The van der Waals surface area contributed by atoms with Crippen LogP contribution in [0.3, 0.4) is 0 Å². The van der Waals surface area contributed by atoms with Gasteiger partial charge in [-0.3, -0.25) is 29.0 Å². The fourth-order valence-electron chi connectivity index (χ4n) is 1.77. The molecule has 10 nitrogen and oxygen atoms in total. The molecule has 11 heteroatoms. The average molecular weight is 357 g/mol. The summed E-state index contributed by atoms with van der Waals surface area (Å²) in [5, 5.41) is 34.9. The zero-order chi connectivity index (χ0) is 16.6. The monoisotopic (exact) mass is 357 g/mol. The predicted octanol–water partition coefficient (Wildman–Crippen LogP) is -1.69. The Morgan fingerprint density at radius 1 is 0.773 bits per heavy atom. The Bertz CT molecular complexity index is 385. The number of hydrogen-bond acceptors (Lipinski definition) is 6. The molecule has 0 aromatic rings. The van der Waals surface area contributed by atoms with Gasteiger partial charge in [-0.2, -0.15) is 0 Å². The number of rotatable bonds is 11. The smallest absolute Gasteiger partial charge is 0.317 e. The van der Waals surface area contributed by atoms with Gasteiger partial charge in [-0.05, 0) is 6.92 Å². The van der Waals surface area contributed by atoms with Gasteiger partial charge < -0.3 is 20.4 Å². The molecule has 0 saturated carbocycles. The van der Waals surface area contributed by atoms with Crippen molar-refractivity contribution in [2.24, 2.45) is 0 Å². The molecule has 0 spiro atoms. The van der Waals surface area contributed by atoms with E-state index in [-0.39, 0.29) is 25.1 Å². The van der Waals surface area contributed by atoms with E-state index in [9.17, 15) is 19.2 Å². The number of hydrogen-bond donors (Lipinski definition) is 4. The molecule has 1 atom stereocenters. The van der Waals surface area contributed by atoms with Crippen molar-refractivity contribution in [3.8, 4) is 0 Å². The van der Waals surface area contributed by atoms with Crippen LogP contribution in [0.25, 0.3) is 0 Å². The largest absolute Gasteiger partial charge is 0.480 e. The average Bonchev–Trinajstić information content (AvgIpc) is 2.24. The normalized spacial score (nSPS) is 11.8. The molecule has 0 aliphatic rings. The first-order valence-corrected chi connectivity index (χ1v) is 5.95. The van der Waals surface area contributed by atoms with Crippen LogP contribution < -0.4 is 0 Å². The van der Waals surface area contributed by atoms with Gasteiger partial charge in [-0.1, -0.05) is 0 Å². The Balaban J connectivity index is 0. The van der Waals surface area contributed by atoms with Gasteiger partial charge in [0.25, 0.3) is 0 Å². The van der Waals surface area contributed by atoms with Gasteiger partial charge in [-0.15, -0.1) is 0 Å². The maximum absolute atomic E-state index is 10.7. The number of carboxylic acid groups (broad SMARTS) is 4. The van der Waals surface area contributed by atoms with Crippen LogP contribution in [0, 0.1) is 0 Å². The molecule has 0 amide bonds. The van der Waals surface area contributed by atoms with Crippen molar-refractivity contribution in [2.45, 2.75) is 13.0 Å². The van der Waals surface area contributed by atoms with Gasteiger partial charge in [0.2, 0.25) is 0 Å². The van der Waals surface area contributed by atoms with Gasteiger partial charge in [0.15, 0.2) is 0 Å². The molecule has 0 saturated heterocycles. The molecule has 0 heterocycles. The van der Waals surface area contributed by atoms with Crippen molar-refractivity contribution in [3.05, 3.63) is 0 Å². The second-order valence-electron chi connectivity index (χ2n) is 4.50. The minimum atomic E-state index is -1.23. The first-order chi connectivity index (χ1) is 9.61. The molecular formula is C11H18N2O8V. The van der Waals surface area contributed by atoms with E-state index in [4.69, 9.17) is 20.4 Å². The van der Waals surface area contributed by atoms with Crippen LogP contribution in [0.1, 0.15) is 6.92 Å². The zero-order valence-corrected chi connectivity index (χ0v) is 13.3. The van der Waals surface area contributed by atoms with Crippen LogP contribution >= 0.6 is 0 Å². The Kier molecular flexibility index (Phi) is 11.4. The van der Waals surface area contributed by atoms with E-state index in [0.717, 1.165) is 9.80 Å². The minimum Gasteiger partial charge on any atom is -0.480 e. The van der Waals surface area contributed by atoms with E-state index in [0.29, 0.717) is 0 Å². The van der Waals surface area contributed by atoms with E-state index >= 15 is 0 Å². The summed E-state index contributed by atoms with van der Waals surface area (Å²) in [6.45, 7) is -0.736. The molecule has 0 fully saturated rings. The van der Waals surface area contributed by atoms with Crippen molar-refractivity contribution >= 4 is 23.9 Å². The number of aliphatic carboxylic acids is 4. The molecule has 0 aliphatic carbocycles. The maximum atomic E-state index is 10.7. The van der Waals surface area contributed by atoms with Crippen molar-refractivity contribution in [2.75, 3.05) is 32.7 Å². The molecule has 1 unspecified atom stereocenters. The quantitative estimate of drug-likeness (QED) is 0.337. The fraction of sp³-hybridized carbons (Fsp3) is 0.636. The third-order valence-electron chi connectivity index (χ3n) is 2.54. The molecule has 1 radical (unpaired) electrons. The summed E-state index contributed by atoms with van der Waals surface area (Å²) in [4.78, 5) is 44.9. The zero-order valence-electron chi connectivity index (χ0n) is 11.9. The summed E-state index contributed by atoms with van der Waals surface area (Å²) in [6.07, 6.45) is 0. The van der Waals surface area contributed by atoms with Crippen LogP contribution in [-0.4, -0.2) is 92.9 Å². The SMILES string of the molecule is CC(CN(CC(=O)O)CC(=O)O)N(CC(=O)O)CC(=O)O.[V]. The second-order valence-corrected chi connectivity index (χ2v) is 4.50. The standard InChI is InChI=1S/C11H18N2O8.V/c1-7(13(5-10(18)19)6-11(20)21)2-12(3-8(14)15)4-9(16)17;/h7H,2-6H2,1H3,(H,14,15)(H,16,17)(H,18,19)(H,20,21);. The van der Waals surface area contributed by atoms with Gasteiger partial charge in [0.05, 0.1) is 26.2 Å². The van der Waals surface area contributed by atoms with E-state index in [1.807, 2.05) is 0 Å². The van der Waals surface area contributed by atoms with Crippen LogP contribution in [0.5, 0.6) is 0 Å². The van der Waals surface area contributed by atoms with Crippen molar-refractivity contribution in [1.29, 1.82) is 0 Å². The molecule has 22 heavy (non-hydrogen) atoms. The van der Waals surface area contributed by atoms with E-state index in [1.54, 1.807) is 0 Å². The Morgan fingerprint density at radius 2 is 1.09 bits per heavy atom. The molecule has 0 aromatic carbocycles. The topological polar surface area (TPSA) is 156 Å². The Hall–Kier alpha value is -1.62. The van der Waals surface area contributed by atoms with Crippen LogP contribution in [0.2, 0.25) is 0 Å². The molecule has 0 aliphatic heterocycles. The van der Waals surface area contributed by atoms with Crippen LogP contribution in [0.4, 0.5) is 0 Å². The molecule has 0 aromatic heterocycles. The molecule has 0 bridgehead atoms. The molecule has 4 N–H and O–H groups in total. The first-order valence-electron chi connectivity index (χ1n) is 5.95. The molecule has 0 rings (SSSR count). The van der Waals surface area contributed by atoms with E-state index < -0.39 is 56.1 Å². The fourth-order valence-corrected chi connectivity index (χ4v) is 1.77. The van der Waals surface area contributed by atoms with Crippen molar-refractivity contribution < 1.29 is 58.2 Å². The molecular weight excluding hydrogens is 339 g/mol. The second kappa shape index (κ2) is 11.0. The van der Waals surface area contributed by atoms with Gasteiger partial charge in [-0.25, -0.2) is 0 Å². The number of nitrogens with zero attached hydrogens (tertiary/aromatic N) is 2. The summed E-state index contributed by atoms with van der Waals surface area (Å²) >= 11 is 0. The summed E-state index contributed by atoms with van der Waals surface area (Å²) in [7, 11) is 0. The van der Waals surface area contributed by atoms with Crippen LogP contribution in [-0.2, 0) is 37.7 Å². The van der Waals surface area contributed by atoms with Crippen LogP contribution in [0.15, 0.2) is 0 Å². The number of carbonyl (C=O) groups is 4. The van der Waals surface area contributed by atoms with Gasteiger partial charge in [0.1, 0.15) is 0 Å². The van der Waals surface area contributed by atoms with Gasteiger partial charge >= 0.3 is 23.9 Å². The minimum absolute atomic E-state index is 0. The van der Waals surface area contributed by atoms with E-state index in [1.165, 1.54) is 6.92 Å². The van der Waals surface area contributed by atoms with Gasteiger partial charge in [0, 0.05) is 31.1 Å². The predicted molar refractivity (Wildman–Crippen MR) is 68.0 cm³/mol. The Morgan fingerprint density at radius 3 is 1.36 bits per heavy atom. The third-order valence-corrected chi connectivity index (χ3v) is 2.54. The first kappa shape index (κ1) is 22.7. The maximum Gasteiger partial charge on any atom is 0.317 e. The number of carboxylic acids is 4. The summed E-state index contributed by atoms with van der Waals surface area (Å²) in [5.74, 6) is -4.92. The third kappa shape index (κ3) is 11.1. The summed E-state index contributed by atoms with van der Waals surface area (Å²) in [5.41, 5.74) is 0. The van der Waals surface area contributed by atoms with Crippen molar-refractivity contribution in [1.82, 2.24) is 9.80 Å².